The Kier molecular flexibility index (Phi) is 6.91. The number of likely N-dealkylation sites (tertiary alicyclic amines) is 1. The second-order valence-corrected chi connectivity index (χ2v) is 10.3. The molecule has 0 bridgehead atoms. The first-order chi connectivity index (χ1) is 17.0. The molecule has 2 saturated heterocycles. The van der Waals surface area contributed by atoms with Gasteiger partial charge in [-0.3, -0.25) is 9.59 Å². The van der Waals surface area contributed by atoms with Crippen LogP contribution in [-0.2, 0) is 27.2 Å². The number of benzene rings is 2. The fraction of sp³-hybridized carbons (Fsp3) is 0.448. The van der Waals surface area contributed by atoms with Gasteiger partial charge in [0.15, 0.2) is 0 Å². The Labute approximate surface area is 206 Å². The summed E-state index contributed by atoms with van der Waals surface area (Å²) < 4.78 is 11.4. The normalized spacial score (nSPS) is 20.5. The van der Waals surface area contributed by atoms with E-state index in [1.54, 1.807) is 6.26 Å². The second-order valence-electron chi connectivity index (χ2n) is 10.3. The molecule has 6 nitrogen and oxygen atoms in total. The van der Waals surface area contributed by atoms with Crippen LogP contribution < -0.4 is 0 Å². The fourth-order valence-corrected chi connectivity index (χ4v) is 5.38. The van der Waals surface area contributed by atoms with E-state index in [2.05, 4.69) is 25.1 Å². The molecule has 184 valence electrons. The zero-order valence-corrected chi connectivity index (χ0v) is 20.4. The van der Waals surface area contributed by atoms with Gasteiger partial charge in [-0.05, 0) is 42.5 Å². The van der Waals surface area contributed by atoms with Gasteiger partial charge in [-0.25, -0.2) is 0 Å². The summed E-state index contributed by atoms with van der Waals surface area (Å²) in [5.41, 5.74) is 2.69. The van der Waals surface area contributed by atoms with Crippen LogP contribution >= 0.6 is 0 Å². The first kappa shape index (κ1) is 23.6. The van der Waals surface area contributed by atoms with Crippen LogP contribution in [0.4, 0.5) is 0 Å². The SMILES string of the molecule is CC1(C(=O)N2CCOCC(Cc3ccc4ccoc4c3)C2)CCN(C(=O)Cc2ccccc2)CC1. The Balaban J connectivity index is 1.18. The minimum absolute atomic E-state index is 0.141. The van der Waals surface area contributed by atoms with Crippen molar-refractivity contribution in [2.24, 2.45) is 11.3 Å². The number of fused-ring (bicyclic) bond motifs is 1. The predicted molar refractivity (Wildman–Crippen MR) is 135 cm³/mol. The predicted octanol–water partition coefficient (Wildman–Crippen LogP) is 4.32. The van der Waals surface area contributed by atoms with E-state index in [4.69, 9.17) is 9.15 Å². The molecule has 2 aliphatic rings. The third-order valence-electron chi connectivity index (χ3n) is 7.60. The van der Waals surface area contributed by atoms with Gasteiger partial charge in [-0.15, -0.1) is 0 Å². The van der Waals surface area contributed by atoms with Crippen LogP contribution in [-0.4, -0.2) is 61.0 Å². The molecule has 0 radical (unpaired) electrons. The molecular weight excluding hydrogens is 440 g/mol. The summed E-state index contributed by atoms with van der Waals surface area (Å²) in [6.45, 7) is 5.87. The Morgan fingerprint density at radius 2 is 1.77 bits per heavy atom. The maximum Gasteiger partial charge on any atom is 0.228 e. The summed E-state index contributed by atoms with van der Waals surface area (Å²) in [4.78, 5) is 30.4. The first-order valence-corrected chi connectivity index (χ1v) is 12.7. The average molecular weight is 475 g/mol. The number of carbonyl (C=O) groups excluding carboxylic acids is 2. The Morgan fingerprint density at radius 3 is 2.57 bits per heavy atom. The molecule has 2 fully saturated rings. The third-order valence-corrected chi connectivity index (χ3v) is 7.60. The monoisotopic (exact) mass is 474 g/mol. The van der Waals surface area contributed by atoms with Crippen LogP contribution in [0.5, 0.6) is 0 Å². The van der Waals surface area contributed by atoms with Crippen molar-refractivity contribution in [3.05, 3.63) is 72.0 Å². The molecule has 35 heavy (non-hydrogen) atoms. The van der Waals surface area contributed by atoms with Crippen LogP contribution in [0.15, 0.2) is 65.3 Å². The van der Waals surface area contributed by atoms with E-state index in [-0.39, 0.29) is 17.7 Å². The molecule has 2 aliphatic heterocycles. The standard InChI is InChI=1S/C29H34N2O4/c1-29(10-12-30(13-11-29)27(32)19-22-5-3-2-4-6-22)28(33)31-14-16-34-21-24(20-31)17-23-7-8-25-9-15-35-26(25)18-23/h2-9,15,18,24H,10-14,16-17,19-21H2,1H3. The molecule has 0 spiro atoms. The van der Waals surface area contributed by atoms with Gasteiger partial charge in [0.05, 0.1) is 25.9 Å². The average Bonchev–Trinajstić information content (AvgIpc) is 3.22. The van der Waals surface area contributed by atoms with Gasteiger partial charge in [-0.2, -0.15) is 0 Å². The number of rotatable bonds is 5. The maximum absolute atomic E-state index is 13.7. The van der Waals surface area contributed by atoms with Crippen molar-refractivity contribution < 1.29 is 18.7 Å². The Morgan fingerprint density at radius 1 is 0.971 bits per heavy atom. The van der Waals surface area contributed by atoms with E-state index in [0.717, 1.165) is 23.0 Å². The third kappa shape index (κ3) is 5.43. The van der Waals surface area contributed by atoms with E-state index < -0.39 is 5.41 Å². The van der Waals surface area contributed by atoms with Crippen molar-refractivity contribution >= 4 is 22.8 Å². The highest BCUT2D eigenvalue weighted by molar-refractivity contribution is 5.84. The maximum atomic E-state index is 13.7. The van der Waals surface area contributed by atoms with Gasteiger partial charge in [0.2, 0.25) is 11.8 Å². The van der Waals surface area contributed by atoms with Crippen LogP contribution in [0.3, 0.4) is 0 Å². The number of nitrogens with zero attached hydrogens (tertiary/aromatic N) is 2. The van der Waals surface area contributed by atoms with Gasteiger partial charge >= 0.3 is 0 Å². The van der Waals surface area contributed by atoms with Crippen molar-refractivity contribution in [1.29, 1.82) is 0 Å². The Bertz CT molecular complexity index is 1160. The molecule has 3 heterocycles. The van der Waals surface area contributed by atoms with E-state index in [9.17, 15) is 9.59 Å². The molecule has 0 aliphatic carbocycles. The summed E-state index contributed by atoms with van der Waals surface area (Å²) in [5, 5.41) is 1.10. The van der Waals surface area contributed by atoms with Crippen molar-refractivity contribution in [2.75, 3.05) is 39.4 Å². The minimum atomic E-state index is -0.439. The van der Waals surface area contributed by atoms with Gasteiger partial charge in [0.1, 0.15) is 5.58 Å². The van der Waals surface area contributed by atoms with Crippen LogP contribution in [0.2, 0.25) is 0 Å². The first-order valence-electron chi connectivity index (χ1n) is 12.7. The number of amides is 2. The molecule has 0 saturated carbocycles. The van der Waals surface area contributed by atoms with Crippen molar-refractivity contribution in [3.8, 4) is 0 Å². The Hall–Kier alpha value is -3.12. The van der Waals surface area contributed by atoms with Gasteiger partial charge in [-0.1, -0.05) is 49.4 Å². The second kappa shape index (κ2) is 10.2. The molecule has 1 atom stereocenters. The smallest absolute Gasteiger partial charge is 0.228 e. The number of furan rings is 1. The quantitative estimate of drug-likeness (QED) is 0.553. The molecular formula is C29H34N2O4. The highest BCUT2D eigenvalue weighted by atomic mass is 16.5. The number of carbonyl (C=O) groups is 2. The minimum Gasteiger partial charge on any atom is -0.464 e. The summed E-state index contributed by atoms with van der Waals surface area (Å²) >= 11 is 0. The summed E-state index contributed by atoms with van der Waals surface area (Å²) in [6, 6.07) is 18.1. The molecule has 6 heteroatoms. The van der Waals surface area contributed by atoms with Crippen LogP contribution in [0.1, 0.15) is 30.9 Å². The molecule has 1 unspecified atom stereocenters. The fourth-order valence-electron chi connectivity index (χ4n) is 5.38. The van der Waals surface area contributed by atoms with Crippen molar-refractivity contribution in [2.45, 2.75) is 32.6 Å². The summed E-state index contributed by atoms with van der Waals surface area (Å²) in [7, 11) is 0. The molecule has 2 aromatic carbocycles. The highest BCUT2D eigenvalue weighted by Gasteiger charge is 2.41. The van der Waals surface area contributed by atoms with E-state index in [1.807, 2.05) is 46.2 Å². The van der Waals surface area contributed by atoms with E-state index >= 15 is 0 Å². The lowest BCUT2D eigenvalue weighted by Crippen LogP contribution is -2.51. The van der Waals surface area contributed by atoms with Crippen LogP contribution in [0, 0.1) is 11.3 Å². The summed E-state index contributed by atoms with van der Waals surface area (Å²) in [5.74, 6) is 0.581. The van der Waals surface area contributed by atoms with E-state index in [1.165, 1.54) is 5.56 Å². The molecule has 0 N–H and O–H groups in total. The van der Waals surface area contributed by atoms with Crippen LogP contribution in [0.25, 0.3) is 11.0 Å². The highest BCUT2D eigenvalue weighted by Crippen LogP contribution is 2.34. The largest absolute Gasteiger partial charge is 0.464 e. The zero-order valence-electron chi connectivity index (χ0n) is 20.4. The zero-order chi connectivity index (χ0) is 24.3. The van der Waals surface area contributed by atoms with Gasteiger partial charge in [0.25, 0.3) is 0 Å². The number of hydrogen-bond acceptors (Lipinski definition) is 4. The lowest BCUT2D eigenvalue weighted by Gasteiger charge is -2.41. The molecule has 3 aromatic rings. The van der Waals surface area contributed by atoms with Crippen molar-refractivity contribution in [1.82, 2.24) is 9.80 Å². The molecule has 5 rings (SSSR count). The molecule has 2 amide bonds. The summed E-state index contributed by atoms with van der Waals surface area (Å²) in [6.07, 6.45) is 4.37. The number of hydrogen-bond donors (Lipinski definition) is 0. The van der Waals surface area contributed by atoms with Crippen molar-refractivity contribution in [3.63, 3.8) is 0 Å². The lowest BCUT2D eigenvalue weighted by molar-refractivity contribution is -0.147. The van der Waals surface area contributed by atoms with E-state index in [0.29, 0.717) is 58.7 Å². The van der Waals surface area contributed by atoms with Gasteiger partial charge in [0, 0.05) is 42.9 Å². The van der Waals surface area contributed by atoms with Gasteiger partial charge < -0.3 is 19.0 Å². The number of ether oxygens (including phenoxy) is 1. The topological polar surface area (TPSA) is 63.0 Å². The lowest BCUT2D eigenvalue weighted by atomic mass is 9.78. The molecule has 1 aromatic heterocycles. The number of piperidine rings is 1.